The summed E-state index contributed by atoms with van der Waals surface area (Å²) in [4.78, 5) is 0. The van der Waals surface area contributed by atoms with E-state index < -0.39 is 0 Å². The molecule has 2 aromatic rings. The molecule has 1 aromatic carbocycles. The maximum Gasteiger partial charge on any atom is 0.127 e. The molecule has 0 bridgehead atoms. The normalized spacial score (nSPS) is 15.5. The monoisotopic (exact) mass is 271 g/mol. The van der Waals surface area contributed by atoms with Crippen molar-refractivity contribution >= 4 is 0 Å². The molecular weight excluding hydrogens is 250 g/mol. The predicted molar refractivity (Wildman–Crippen MR) is 79.0 cm³/mol. The third-order valence-electron chi connectivity index (χ3n) is 3.84. The number of benzene rings is 1. The van der Waals surface area contributed by atoms with Crippen molar-refractivity contribution < 1.29 is 4.74 Å². The van der Waals surface area contributed by atoms with Crippen LogP contribution in [0.25, 0.3) is 0 Å². The number of nitrogens with zero attached hydrogens (tertiary/aromatic N) is 2. The van der Waals surface area contributed by atoms with Crippen LogP contribution in [0.4, 0.5) is 0 Å². The van der Waals surface area contributed by atoms with Crippen molar-refractivity contribution in [1.29, 1.82) is 0 Å². The van der Waals surface area contributed by atoms with E-state index in [1.54, 1.807) is 0 Å². The largest absolute Gasteiger partial charge is 0.493 e. The number of ether oxygens (including phenoxy) is 1. The highest BCUT2D eigenvalue weighted by molar-refractivity contribution is 5.46. The molecule has 1 unspecified atom stereocenters. The lowest BCUT2D eigenvalue weighted by molar-refractivity contribution is 0.282. The van der Waals surface area contributed by atoms with Crippen molar-refractivity contribution in [3.63, 3.8) is 0 Å². The number of nitrogens with one attached hydrogen (secondary N) is 1. The summed E-state index contributed by atoms with van der Waals surface area (Å²) in [5.41, 5.74) is 3.70. The second-order valence-electron chi connectivity index (χ2n) is 5.16. The standard InChI is InChI=1S/C16H21N3O/c1-3-17-15(14-9-10-18-19(14)2)13-8-4-6-12-7-5-11-20-16(12)13/h4,6,8-10,15,17H,3,5,7,11H2,1-2H3. The molecule has 1 atom stereocenters. The molecule has 0 radical (unpaired) electrons. The summed E-state index contributed by atoms with van der Waals surface area (Å²) in [7, 11) is 1.98. The van der Waals surface area contributed by atoms with Gasteiger partial charge in [-0.05, 0) is 31.0 Å². The number of aromatic nitrogens is 2. The molecule has 20 heavy (non-hydrogen) atoms. The predicted octanol–water partition coefficient (Wildman–Crippen LogP) is 2.44. The van der Waals surface area contributed by atoms with Gasteiger partial charge < -0.3 is 10.1 Å². The van der Waals surface area contributed by atoms with Gasteiger partial charge in [-0.15, -0.1) is 0 Å². The number of rotatable bonds is 4. The molecule has 0 aliphatic carbocycles. The number of para-hydroxylation sites is 1. The fourth-order valence-electron chi connectivity index (χ4n) is 2.89. The number of hydrogen-bond acceptors (Lipinski definition) is 3. The molecule has 2 heterocycles. The highest BCUT2D eigenvalue weighted by Crippen LogP contribution is 2.35. The summed E-state index contributed by atoms with van der Waals surface area (Å²) in [6, 6.07) is 8.65. The molecule has 0 saturated heterocycles. The molecule has 106 valence electrons. The summed E-state index contributed by atoms with van der Waals surface area (Å²) in [5, 5.41) is 7.84. The lowest BCUT2D eigenvalue weighted by Crippen LogP contribution is -2.25. The number of hydrogen-bond donors (Lipinski definition) is 1. The van der Waals surface area contributed by atoms with Gasteiger partial charge in [0.05, 0.1) is 18.3 Å². The van der Waals surface area contributed by atoms with Gasteiger partial charge in [0.25, 0.3) is 0 Å². The van der Waals surface area contributed by atoms with Crippen LogP contribution in [0.2, 0.25) is 0 Å². The minimum Gasteiger partial charge on any atom is -0.493 e. The zero-order valence-corrected chi connectivity index (χ0v) is 12.1. The van der Waals surface area contributed by atoms with Crippen molar-refractivity contribution in [2.75, 3.05) is 13.2 Å². The number of aryl methyl sites for hydroxylation is 2. The third kappa shape index (κ3) is 2.31. The van der Waals surface area contributed by atoms with Crippen LogP contribution in [0, 0.1) is 0 Å². The fourth-order valence-corrected chi connectivity index (χ4v) is 2.89. The smallest absolute Gasteiger partial charge is 0.127 e. The zero-order valence-electron chi connectivity index (χ0n) is 12.1. The SMILES string of the molecule is CCNC(c1cccc2c1OCCC2)c1ccnn1C. The van der Waals surface area contributed by atoms with E-state index in [1.165, 1.54) is 11.1 Å². The van der Waals surface area contributed by atoms with Crippen LogP contribution in [0.5, 0.6) is 5.75 Å². The van der Waals surface area contributed by atoms with Crippen LogP contribution in [-0.4, -0.2) is 22.9 Å². The lowest BCUT2D eigenvalue weighted by Gasteiger charge is -2.25. The Morgan fingerprint density at radius 1 is 1.40 bits per heavy atom. The summed E-state index contributed by atoms with van der Waals surface area (Å²) in [6.45, 7) is 3.84. The quantitative estimate of drug-likeness (QED) is 0.928. The Balaban J connectivity index is 2.06. The van der Waals surface area contributed by atoms with Gasteiger partial charge in [-0.3, -0.25) is 4.68 Å². The lowest BCUT2D eigenvalue weighted by atomic mass is 9.96. The Bertz CT molecular complexity index is 591. The Morgan fingerprint density at radius 3 is 3.05 bits per heavy atom. The van der Waals surface area contributed by atoms with E-state index in [9.17, 15) is 0 Å². The van der Waals surface area contributed by atoms with Gasteiger partial charge in [-0.2, -0.15) is 5.10 Å². The van der Waals surface area contributed by atoms with E-state index in [2.05, 4.69) is 41.6 Å². The molecule has 0 spiro atoms. The van der Waals surface area contributed by atoms with Gasteiger partial charge >= 0.3 is 0 Å². The van der Waals surface area contributed by atoms with E-state index in [4.69, 9.17) is 4.74 Å². The first kappa shape index (κ1) is 13.2. The van der Waals surface area contributed by atoms with Crippen LogP contribution in [0.3, 0.4) is 0 Å². The third-order valence-corrected chi connectivity index (χ3v) is 3.84. The van der Waals surface area contributed by atoms with Crippen LogP contribution in [-0.2, 0) is 13.5 Å². The van der Waals surface area contributed by atoms with E-state index in [1.807, 2.05) is 17.9 Å². The van der Waals surface area contributed by atoms with Crippen molar-refractivity contribution in [2.45, 2.75) is 25.8 Å². The molecule has 0 fully saturated rings. The maximum absolute atomic E-state index is 5.95. The maximum atomic E-state index is 5.95. The van der Waals surface area contributed by atoms with Crippen LogP contribution >= 0.6 is 0 Å². The first-order valence-electron chi connectivity index (χ1n) is 7.27. The zero-order chi connectivity index (χ0) is 13.9. The highest BCUT2D eigenvalue weighted by atomic mass is 16.5. The fraction of sp³-hybridized carbons (Fsp3) is 0.438. The van der Waals surface area contributed by atoms with E-state index in [0.29, 0.717) is 0 Å². The molecular formula is C16H21N3O. The Kier molecular flexibility index (Phi) is 3.74. The number of fused-ring (bicyclic) bond motifs is 1. The Morgan fingerprint density at radius 2 is 2.30 bits per heavy atom. The van der Waals surface area contributed by atoms with Crippen molar-refractivity contribution in [3.05, 3.63) is 47.3 Å². The minimum atomic E-state index is 0.126. The highest BCUT2D eigenvalue weighted by Gasteiger charge is 2.23. The minimum absolute atomic E-state index is 0.126. The average Bonchev–Trinajstić information content (AvgIpc) is 2.90. The first-order valence-corrected chi connectivity index (χ1v) is 7.27. The summed E-state index contributed by atoms with van der Waals surface area (Å²) < 4.78 is 7.88. The molecule has 4 nitrogen and oxygen atoms in total. The summed E-state index contributed by atoms with van der Waals surface area (Å²) in [6.07, 6.45) is 4.05. The molecule has 0 amide bonds. The van der Waals surface area contributed by atoms with Gasteiger partial charge in [-0.1, -0.05) is 25.1 Å². The molecule has 4 heteroatoms. The first-order chi connectivity index (χ1) is 9.81. The van der Waals surface area contributed by atoms with Gasteiger partial charge in [0.1, 0.15) is 5.75 Å². The average molecular weight is 271 g/mol. The Labute approximate surface area is 119 Å². The van der Waals surface area contributed by atoms with Crippen molar-refractivity contribution in [3.8, 4) is 5.75 Å². The molecule has 3 rings (SSSR count). The van der Waals surface area contributed by atoms with Crippen LogP contribution < -0.4 is 10.1 Å². The van der Waals surface area contributed by atoms with Gasteiger partial charge in [0, 0.05) is 18.8 Å². The summed E-state index contributed by atoms with van der Waals surface area (Å²) >= 11 is 0. The second kappa shape index (κ2) is 5.67. The summed E-state index contributed by atoms with van der Waals surface area (Å²) in [5.74, 6) is 1.06. The van der Waals surface area contributed by atoms with Crippen molar-refractivity contribution in [1.82, 2.24) is 15.1 Å². The van der Waals surface area contributed by atoms with E-state index >= 15 is 0 Å². The van der Waals surface area contributed by atoms with Crippen LogP contribution in [0.15, 0.2) is 30.5 Å². The van der Waals surface area contributed by atoms with Gasteiger partial charge in [-0.25, -0.2) is 0 Å². The molecule has 1 N–H and O–H groups in total. The molecule has 1 aliphatic heterocycles. The van der Waals surface area contributed by atoms with Gasteiger partial charge in [0.15, 0.2) is 0 Å². The van der Waals surface area contributed by atoms with E-state index in [-0.39, 0.29) is 6.04 Å². The second-order valence-corrected chi connectivity index (χ2v) is 5.16. The van der Waals surface area contributed by atoms with Gasteiger partial charge in [0.2, 0.25) is 0 Å². The van der Waals surface area contributed by atoms with E-state index in [0.717, 1.165) is 37.4 Å². The molecule has 1 aromatic heterocycles. The van der Waals surface area contributed by atoms with Crippen molar-refractivity contribution in [2.24, 2.45) is 7.05 Å². The Hall–Kier alpha value is -1.81. The molecule has 1 aliphatic rings. The molecule has 0 saturated carbocycles. The van der Waals surface area contributed by atoms with Crippen LogP contribution in [0.1, 0.15) is 36.2 Å². The topological polar surface area (TPSA) is 39.1 Å².